The normalized spacial score (nSPS) is 11.1. The number of carbonyl (C=O) groups is 2. The van der Waals surface area contributed by atoms with Crippen LogP contribution in [0.25, 0.3) is 0 Å². The monoisotopic (exact) mass is 289 g/mol. The van der Waals surface area contributed by atoms with E-state index in [1.807, 2.05) is 13.0 Å². The van der Waals surface area contributed by atoms with E-state index < -0.39 is 11.9 Å². The van der Waals surface area contributed by atoms with Gasteiger partial charge in [-0.3, -0.25) is 9.59 Å². The lowest BCUT2D eigenvalue weighted by atomic mass is 10.2. The Bertz CT molecular complexity index is 537. The fourth-order valence-electron chi connectivity index (χ4n) is 1.55. The van der Waals surface area contributed by atoms with Crippen LogP contribution in [0.15, 0.2) is 24.3 Å². The Morgan fingerprint density at radius 1 is 1.43 bits per heavy atom. The second kappa shape index (κ2) is 8.59. The molecule has 6 heteroatoms. The van der Waals surface area contributed by atoms with Crippen LogP contribution >= 0.6 is 0 Å². The van der Waals surface area contributed by atoms with Crippen molar-refractivity contribution in [2.24, 2.45) is 0 Å². The molecule has 0 aliphatic rings. The second-order valence-electron chi connectivity index (χ2n) is 4.51. The molecule has 0 heterocycles. The zero-order valence-corrected chi connectivity index (χ0v) is 12.2. The number of nitrogens with one attached hydrogen (secondary N) is 2. The number of rotatable bonds is 7. The molecule has 112 valence electrons. The van der Waals surface area contributed by atoms with Crippen molar-refractivity contribution in [2.75, 3.05) is 13.2 Å². The molecular formula is C15H19N3O3. The van der Waals surface area contributed by atoms with E-state index in [2.05, 4.69) is 10.6 Å². The van der Waals surface area contributed by atoms with Gasteiger partial charge in [-0.2, -0.15) is 5.26 Å². The molecule has 0 unspecified atom stereocenters. The number of nitrogens with zero attached hydrogens (tertiary/aromatic N) is 1. The van der Waals surface area contributed by atoms with Gasteiger partial charge in [-0.05, 0) is 31.5 Å². The molecule has 0 aliphatic carbocycles. The first-order chi connectivity index (χ1) is 10.1. The molecule has 0 aliphatic heterocycles. The lowest BCUT2D eigenvalue weighted by Crippen LogP contribution is -2.46. The molecule has 0 saturated heterocycles. The van der Waals surface area contributed by atoms with Crippen LogP contribution in [0.4, 0.5) is 0 Å². The van der Waals surface area contributed by atoms with Crippen LogP contribution in [0.5, 0.6) is 5.75 Å². The summed E-state index contributed by atoms with van der Waals surface area (Å²) in [4.78, 5) is 23.3. The van der Waals surface area contributed by atoms with Gasteiger partial charge in [0.15, 0.2) is 6.61 Å². The van der Waals surface area contributed by atoms with E-state index in [9.17, 15) is 9.59 Å². The van der Waals surface area contributed by atoms with Crippen LogP contribution in [-0.2, 0) is 9.59 Å². The minimum Gasteiger partial charge on any atom is -0.484 e. The van der Waals surface area contributed by atoms with Gasteiger partial charge in [-0.25, -0.2) is 0 Å². The van der Waals surface area contributed by atoms with Gasteiger partial charge >= 0.3 is 0 Å². The van der Waals surface area contributed by atoms with Gasteiger partial charge in [0, 0.05) is 6.54 Å². The lowest BCUT2D eigenvalue weighted by Gasteiger charge is -2.14. The molecule has 0 saturated carbocycles. The number of hydrogen-bond acceptors (Lipinski definition) is 4. The molecule has 0 radical (unpaired) electrons. The average molecular weight is 289 g/mol. The highest BCUT2D eigenvalue weighted by molar-refractivity contribution is 5.87. The Kier molecular flexibility index (Phi) is 6.75. The number of nitriles is 1. The van der Waals surface area contributed by atoms with Crippen molar-refractivity contribution in [3.8, 4) is 11.8 Å². The number of carbonyl (C=O) groups excluding carboxylic acids is 2. The van der Waals surface area contributed by atoms with Crippen molar-refractivity contribution in [1.29, 1.82) is 5.26 Å². The van der Waals surface area contributed by atoms with E-state index in [4.69, 9.17) is 10.00 Å². The predicted molar refractivity (Wildman–Crippen MR) is 77.6 cm³/mol. The van der Waals surface area contributed by atoms with E-state index in [1.165, 1.54) is 0 Å². The van der Waals surface area contributed by atoms with Crippen molar-refractivity contribution in [3.63, 3.8) is 0 Å². The fraction of sp³-hybridized carbons (Fsp3) is 0.400. The summed E-state index contributed by atoms with van der Waals surface area (Å²) in [5, 5.41) is 14.0. The largest absolute Gasteiger partial charge is 0.484 e. The lowest BCUT2D eigenvalue weighted by molar-refractivity contribution is -0.129. The van der Waals surface area contributed by atoms with Crippen LogP contribution in [-0.4, -0.2) is 31.0 Å². The molecule has 0 aromatic heterocycles. The van der Waals surface area contributed by atoms with E-state index in [1.54, 1.807) is 31.2 Å². The quantitative estimate of drug-likeness (QED) is 0.782. The molecule has 1 aromatic rings. The van der Waals surface area contributed by atoms with E-state index in [-0.39, 0.29) is 12.5 Å². The maximum Gasteiger partial charge on any atom is 0.258 e. The van der Waals surface area contributed by atoms with E-state index in [0.717, 1.165) is 6.42 Å². The molecule has 0 bridgehead atoms. The molecule has 1 atom stereocenters. The first-order valence-electron chi connectivity index (χ1n) is 6.76. The Morgan fingerprint density at radius 3 is 2.86 bits per heavy atom. The number of amides is 2. The molecule has 6 nitrogen and oxygen atoms in total. The van der Waals surface area contributed by atoms with Crippen molar-refractivity contribution in [1.82, 2.24) is 10.6 Å². The first-order valence-corrected chi connectivity index (χ1v) is 6.76. The fourth-order valence-corrected chi connectivity index (χ4v) is 1.55. The average Bonchev–Trinajstić information content (AvgIpc) is 2.50. The standard InChI is InChI=1S/C15H19N3O3/c1-3-7-17-15(20)11(2)18-14(19)10-21-13-6-4-5-12(8-13)9-16/h4-6,8,11H,3,7,10H2,1-2H3,(H,17,20)(H,18,19)/t11-/m0/s1. The third-order valence-corrected chi connectivity index (χ3v) is 2.65. The van der Waals surface area contributed by atoms with Gasteiger partial charge in [0.2, 0.25) is 5.91 Å². The summed E-state index contributed by atoms with van der Waals surface area (Å²) in [5.74, 6) is -0.180. The Balaban J connectivity index is 2.40. The summed E-state index contributed by atoms with van der Waals surface area (Å²) in [6, 6.07) is 7.90. The molecule has 2 amide bonds. The number of ether oxygens (including phenoxy) is 1. The smallest absolute Gasteiger partial charge is 0.258 e. The molecule has 2 N–H and O–H groups in total. The highest BCUT2D eigenvalue weighted by atomic mass is 16.5. The van der Waals surface area contributed by atoms with Gasteiger partial charge < -0.3 is 15.4 Å². The van der Waals surface area contributed by atoms with Crippen LogP contribution < -0.4 is 15.4 Å². The minimum absolute atomic E-state index is 0.208. The summed E-state index contributed by atoms with van der Waals surface area (Å²) < 4.78 is 5.28. The highest BCUT2D eigenvalue weighted by Crippen LogP contribution is 2.12. The summed E-state index contributed by atoms with van der Waals surface area (Å²) in [6.45, 7) is 3.93. The second-order valence-corrected chi connectivity index (χ2v) is 4.51. The molecule has 0 fully saturated rings. The third kappa shape index (κ3) is 5.95. The Morgan fingerprint density at radius 2 is 2.19 bits per heavy atom. The Labute approximate surface area is 124 Å². The van der Waals surface area contributed by atoms with Crippen LogP contribution in [0, 0.1) is 11.3 Å². The summed E-state index contributed by atoms with van der Waals surface area (Å²) in [5.41, 5.74) is 0.459. The van der Waals surface area contributed by atoms with Crippen molar-refractivity contribution in [2.45, 2.75) is 26.3 Å². The predicted octanol–water partition coefficient (Wildman–Crippen LogP) is 0.968. The first kappa shape index (κ1) is 16.5. The third-order valence-electron chi connectivity index (χ3n) is 2.65. The van der Waals surface area contributed by atoms with Gasteiger partial charge in [-0.15, -0.1) is 0 Å². The summed E-state index contributed by atoms with van der Waals surface area (Å²) in [6.07, 6.45) is 0.838. The molecule has 1 rings (SSSR count). The van der Waals surface area contributed by atoms with Crippen molar-refractivity contribution in [3.05, 3.63) is 29.8 Å². The topological polar surface area (TPSA) is 91.2 Å². The van der Waals surface area contributed by atoms with Gasteiger partial charge in [0.25, 0.3) is 5.91 Å². The van der Waals surface area contributed by atoms with Crippen LogP contribution in [0.1, 0.15) is 25.8 Å². The zero-order chi connectivity index (χ0) is 15.7. The van der Waals surface area contributed by atoms with Crippen LogP contribution in [0.2, 0.25) is 0 Å². The SMILES string of the molecule is CCCNC(=O)[C@H](C)NC(=O)COc1cccc(C#N)c1. The maximum absolute atomic E-state index is 11.7. The Hall–Kier alpha value is -2.55. The molecule has 21 heavy (non-hydrogen) atoms. The highest BCUT2D eigenvalue weighted by Gasteiger charge is 2.15. The molecule has 0 spiro atoms. The van der Waals surface area contributed by atoms with E-state index in [0.29, 0.717) is 17.9 Å². The molecule has 1 aromatic carbocycles. The molecular weight excluding hydrogens is 270 g/mol. The zero-order valence-electron chi connectivity index (χ0n) is 12.2. The number of benzene rings is 1. The maximum atomic E-state index is 11.7. The van der Waals surface area contributed by atoms with Crippen molar-refractivity contribution >= 4 is 11.8 Å². The summed E-state index contributed by atoms with van der Waals surface area (Å²) >= 11 is 0. The summed E-state index contributed by atoms with van der Waals surface area (Å²) in [7, 11) is 0. The minimum atomic E-state index is -0.613. The van der Waals surface area contributed by atoms with Gasteiger partial charge in [0.05, 0.1) is 11.6 Å². The van der Waals surface area contributed by atoms with Crippen molar-refractivity contribution < 1.29 is 14.3 Å². The van der Waals surface area contributed by atoms with Gasteiger partial charge in [-0.1, -0.05) is 13.0 Å². The van der Waals surface area contributed by atoms with Gasteiger partial charge in [0.1, 0.15) is 11.8 Å². The van der Waals surface area contributed by atoms with E-state index >= 15 is 0 Å². The van der Waals surface area contributed by atoms with Crippen LogP contribution in [0.3, 0.4) is 0 Å². The number of hydrogen-bond donors (Lipinski definition) is 2.